The topological polar surface area (TPSA) is 33.3 Å². The lowest BCUT2D eigenvalue weighted by molar-refractivity contribution is 0.157. The molecule has 0 bridgehead atoms. The van der Waals surface area contributed by atoms with Gasteiger partial charge in [-0.15, -0.1) is 0 Å². The maximum Gasteiger partial charge on any atom is 0.119 e. The van der Waals surface area contributed by atoms with Gasteiger partial charge in [-0.05, 0) is 18.6 Å². The Morgan fingerprint density at radius 2 is 2.00 bits per heavy atom. The van der Waals surface area contributed by atoms with Crippen molar-refractivity contribution in [3.63, 3.8) is 0 Å². The van der Waals surface area contributed by atoms with Gasteiger partial charge in [0.05, 0.1) is 0 Å². The molecule has 2 rings (SSSR count). The van der Waals surface area contributed by atoms with Crippen LogP contribution >= 0.6 is 0 Å². The first-order chi connectivity index (χ1) is 6.45. The van der Waals surface area contributed by atoms with E-state index in [1.165, 1.54) is 0 Å². The summed E-state index contributed by atoms with van der Waals surface area (Å²) in [5.74, 6) is 0.955. The van der Waals surface area contributed by atoms with Crippen LogP contribution in [0.25, 0.3) is 0 Å². The molecule has 1 unspecified atom stereocenters. The third-order valence-electron chi connectivity index (χ3n) is 2.09. The Balaban J connectivity index is 1.90. The predicted octanol–water partition coefficient (Wildman–Crippen LogP) is 0.932. The molecule has 0 aliphatic carbocycles. The maximum absolute atomic E-state index is 5.75. The molecular weight excluding hydrogens is 164 g/mol. The fraction of sp³-hybridized carbons (Fsp3) is 0.400. The lowest BCUT2D eigenvalue weighted by atomic mass is 10.2. The summed E-state index contributed by atoms with van der Waals surface area (Å²) >= 11 is 0. The first-order valence-electron chi connectivity index (χ1n) is 4.62. The molecule has 3 nitrogen and oxygen atoms in total. The van der Waals surface area contributed by atoms with E-state index in [2.05, 4.69) is 10.9 Å². The van der Waals surface area contributed by atoms with Gasteiger partial charge in [0.1, 0.15) is 11.9 Å². The number of ether oxygens (including phenoxy) is 1. The minimum Gasteiger partial charge on any atom is -0.489 e. The molecule has 0 aromatic heterocycles. The number of rotatable bonds is 2. The Kier molecular flexibility index (Phi) is 2.79. The number of hydrogen-bond donors (Lipinski definition) is 2. The van der Waals surface area contributed by atoms with Gasteiger partial charge in [0.2, 0.25) is 0 Å². The number of hydrogen-bond acceptors (Lipinski definition) is 3. The molecule has 1 fully saturated rings. The molecule has 1 aromatic carbocycles. The molecular formula is C10H14N2O. The molecule has 0 radical (unpaired) electrons. The first-order valence-corrected chi connectivity index (χ1v) is 4.62. The summed E-state index contributed by atoms with van der Waals surface area (Å²) < 4.78 is 5.75. The van der Waals surface area contributed by atoms with E-state index in [0.717, 1.165) is 25.3 Å². The van der Waals surface area contributed by atoms with Gasteiger partial charge in [0, 0.05) is 13.1 Å². The molecule has 1 aromatic rings. The second-order valence-corrected chi connectivity index (χ2v) is 3.15. The zero-order chi connectivity index (χ0) is 8.93. The van der Waals surface area contributed by atoms with E-state index in [1.54, 1.807) is 0 Å². The summed E-state index contributed by atoms with van der Waals surface area (Å²) in [6.45, 7) is 1.84. The van der Waals surface area contributed by atoms with Gasteiger partial charge in [-0.3, -0.25) is 10.9 Å². The van der Waals surface area contributed by atoms with E-state index in [4.69, 9.17) is 4.74 Å². The molecule has 0 saturated carbocycles. The Hall–Kier alpha value is -1.06. The fourth-order valence-corrected chi connectivity index (χ4v) is 1.40. The third-order valence-corrected chi connectivity index (χ3v) is 2.09. The lowest BCUT2D eigenvalue weighted by Crippen LogP contribution is -2.47. The quantitative estimate of drug-likeness (QED) is 0.707. The molecule has 3 heteroatoms. The van der Waals surface area contributed by atoms with Crippen molar-refractivity contribution in [2.75, 3.05) is 13.1 Å². The van der Waals surface area contributed by atoms with Gasteiger partial charge >= 0.3 is 0 Å². The van der Waals surface area contributed by atoms with Crippen molar-refractivity contribution in [1.82, 2.24) is 10.9 Å². The number of nitrogens with one attached hydrogen (secondary N) is 2. The van der Waals surface area contributed by atoms with Crippen molar-refractivity contribution in [2.45, 2.75) is 12.5 Å². The highest BCUT2D eigenvalue weighted by atomic mass is 16.5. The van der Waals surface area contributed by atoms with Crippen LogP contribution in [-0.2, 0) is 0 Å². The van der Waals surface area contributed by atoms with Crippen molar-refractivity contribution in [1.29, 1.82) is 0 Å². The van der Waals surface area contributed by atoms with Crippen LogP contribution in [0, 0.1) is 0 Å². The number of hydrazine groups is 1. The van der Waals surface area contributed by atoms with E-state index >= 15 is 0 Å². The first kappa shape index (κ1) is 8.53. The van der Waals surface area contributed by atoms with Crippen molar-refractivity contribution >= 4 is 0 Å². The summed E-state index contributed by atoms with van der Waals surface area (Å²) in [5.41, 5.74) is 6.15. The van der Waals surface area contributed by atoms with Crippen molar-refractivity contribution in [3.8, 4) is 5.75 Å². The predicted molar refractivity (Wildman–Crippen MR) is 51.5 cm³/mol. The van der Waals surface area contributed by atoms with E-state index in [9.17, 15) is 0 Å². The highest BCUT2D eigenvalue weighted by Gasteiger charge is 2.13. The summed E-state index contributed by atoms with van der Waals surface area (Å²) in [6.07, 6.45) is 1.35. The minimum atomic E-state index is 0.295. The Morgan fingerprint density at radius 3 is 2.69 bits per heavy atom. The fourth-order valence-electron chi connectivity index (χ4n) is 1.40. The molecule has 1 aliphatic heterocycles. The SMILES string of the molecule is c1ccc(OC2CCNNC2)cc1. The van der Waals surface area contributed by atoms with E-state index in [0.29, 0.717) is 6.10 Å². The summed E-state index contributed by atoms with van der Waals surface area (Å²) in [4.78, 5) is 0. The molecule has 2 N–H and O–H groups in total. The molecule has 70 valence electrons. The zero-order valence-corrected chi connectivity index (χ0v) is 7.49. The average molecular weight is 178 g/mol. The van der Waals surface area contributed by atoms with Crippen LogP contribution in [0.4, 0.5) is 0 Å². The number of para-hydroxylation sites is 1. The van der Waals surface area contributed by atoms with Crippen LogP contribution in [-0.4, -0.2) is 19.2 Å². The Bertz CT molecular complexity index is 244. The Labute approximate surface area is 78.1 Å². The van der Waals surface area contributed by atoms with E-state index in [-0.39, 0.29) is 0 Å². The van der Waals surface area contributed by atoms with Crippen LogP contribution < -0.4 is 15.6 Å². The highest BCUT2D eigenvalue weighted by molar-refractivity contribution is 5.21. The molecule has 1 heterocycles. The minimum absolute atomic E-state index is 0.295. The molecule has 0 amide bonds. The third kappa shape index (κ3) is 2.44. The molecule has 13 heavy (non-hydrogen) atoms. The van der Waals surface area contributed by atoms with E-state index < -0.39 is 0 Å². The summed E-state index contributed by atoms with van der Waals surface area (Å²) in [6, 6.07) is 9.95. The largest absolute Gasteiger partial charge is 0.489 e. The van der Waals surface area contributed by atoms with Gasteiger partial charge < -0.3 is 4.74 Å². The van der Waals surface area contributed by atoms with Gasteiger partial charge in [-0.25, -0.2) is 0 Å². The van der Waals surface area contributed by atoms with E-state index in [1.807, 2.05) is 30.3 Å². The van der Waals surface area contributed by atoms with Crippen LogP contribution in [0.1, 0.15) is 6.42 Å². The lowest BCUT2D eigenvalue weighted by Gasteiger charge is -2.24. The molecule has 0 spiro atoms. The Morgan fingerprint density at radius 1 is 1.15 bits per heavy atom. The van der Waals surface area contributed by atoms with Gasteiger partial charge in [0.15, 0.2) is 0 Å². The smallest absolute Gasteiger partial charge is 0.119 e. The van der Waals surface area contributed by atoms with Crippen LogP contribution in [0.5, 0.6) is 5.75 Å². The van der Waals surface area contributed by atoms with Gasteiger partial charge in [-0.2, -0.15) is 0 Å². The monoisotopic (exact) mass is 178 g/mol. The van der Waals surface area contributed by atoms with Crippen LogP contribution in [0.2, 0.25) is 0 Å². The standard InChI is InChI=1S/C10H14N2O/c1-2-4-9(5-3-1)13-10-6-7-11-12-8-10/h1-5,10-12H,6-8H2. The van der Waals surface area contributed by atoms with Crippen molar-refractivity contribution in [2.24, 2.45) is 0 Å². The summed E-state index contributed by atoms with van der Waals surface area (Å²) in [5, 5.41) is 0. The van der Waals surface area contributed by atoms with Gasteiger partial charge in [0.25, 0.3) is 0 Å². The highest BCUT2D eigenvalue weighted by Crippen LogP contribution is 2.12. The second kappa shape index (κ2) is 4.25. The second-order valence-electron chi connectivity index (χ2n) is 3.15. The maximum atomic E-state index is 5.75. The summed E-state index contributed by atoms with van der Waals surface area (Å²) in [7, 11) is 0. The normalized spacial score (nSPS) is 22.6. The molecule has 1 aliphatic rings. The average Bonchev–Trinajstić information content (AvgIpc) is 2.21. The molecule has 1 atom stereocenters. The van der Waals surface area contributed by atoms with Crippen LogP contribution in [0.15, 0.2) is 30.3 Å². The molecule has 1 saturated heterocycles. The van der Waals surface area contributed by atoms with Crippen LogP contribution in [0.3, 0.4) is 0 Å². The van der Waals surface area contributed by atoms with Crippen molar-refractivity contribution < 1.29 is 4.74 Å². The zero-order valence-electron chi connectivity index (χ0n) is 7.49. The number of benzene rings is 1. The van der Waals surface area contributed by atoms with Crippen molar-refractivity contribution in [3.05, 3.63) is 30.3 Å². The van der Waals surface area contributed by atoms with Gasteiger partial charge in [-0.1, -0.05) is 18.2 Å².